The van der Waals surface area contributed by atoms with Crippen molar-refractivity contribution in [2.24, 2.45) is 9.98 Å². The average Bonchev–Trinajstić information content (AvgIpc) is 1.77. The lowest BCUT2D eigenvalue weighted by atomic mass is 10.5. The molecule has 8 heavy (non-hydrogen) atoms. The second-order valence-corrected chi connectivity index (χ2v) is 2.12. The second kappa shape index (κ2) is 2.17. The summed E-state index contributed by atoms with van der Waals surface area (Å²) in [7, 11) is 0. The monoisotopic (exact) mass is 174 g/mol. The Labute approximate surface area is 54.6 Å². The highest BCUT2D eigenvalue weighted by Gasteiger charge is 2.11. The molecule has 0 fully saturated rings. The van der Waals surface area contributed by atoms with E-state index in [-0.39, 0.29) is 5.91 Å². The maximum absolute atomic E-state index is 10.4. The number of aliphatic imine (C=N–C) groups is 2. The average molecular weight is 175 g/mol. The van der Waals surface area contributed by atoms with E-state index in [0.717, 1.165) is 0 Å². The Morgan fingerprint density at radius 2 is 2.38 bits per heavy atom. The third-order valence-corrected chi connectivity index (χ3v) is 1.32. The molecule has 1 amide bonds. The van der Waals surface area contributed by atoms with Crippen LogP contribution in [0.1, 0.15) is 0 Å². The molecule has 0 saturated carbocycles. The van der Waals surface area contributed by atoms with Gasteiger partial charge in [0.2, 0.25) is 0 Å². The van der Waals surface area contributed by atoms with Crippen molar-refractivity contribution in [1.29, 1.82) is 0 Å². The Morgan fingerprint density at radius 1 is 1.62 bits per heavy atom. The van der Waals surface area contributed by atoms with Crippen LogP contribution in [0.15, 0.2) is 9.98 Å². The van der Waals surface area contributed by atoms with Crippen molar-refractivity contribution in [3.05, 3.63) is 0 Å². The quantitative estimate of drug-likeness (QED) is 0.387. The van der Waals surface area contributed by atoms with Gasteiger partial charge in [0.15, 0.2) is 4.95 Å². The molecule has 42 valence electrons. The zero-order chi connectivity index (χ0) is 5.98. The smallest absolute Gasteiger partial charge is 0.269 e. The summed E-state index contributed by atoms with van der Waals surface area (Å²) < 4.78 is 0. The van der Waals surface area contributed by atoms with Gasteiger partial charge in [0, 0.05) is 12.4 Å². The van der Waals surface area contributed by atoms with Crippen LogP contribution in [0.5, 0.6) is 0 Å². The van der Waals surface area contributed by atoms with Crippen molar-refractivity contribution >= 4 is 34.3 Å². The third kappa shape index (κ3) is 1.01. The zero-order valence-corrected chi connectivity index (χ0v) is 5.50. The van der Waals surface area contributed by atoms with E-state index in [0.29, 0.717) is 0 Å². The van der Waals surface area contributed by atoms with Crippen LogP contribution in [0.25, 0.3) is 0 Å². The normalized spacial score (nSPS) is 26.6. The molecule has 0 aromatic rings. The van der Waals surface area contributed by atoms with Crippen LogP contribution in [0.3, 0.4) is 0 Å². The van der Waals surface area contributed by atoms with Crippen molar-refractivity contribution in [1.82, 2.24) is 0 Å². The van der Waals surface area contributed by atoms with Crippen LogP contribution < -0.4 is 0 Å². The number of hydrogen-bond acceptors (Lipinski definition) is 2. The minimum absolute atomic E-state index is 0.243. The summed E-state index contributed by atoms with van der Waals surface area (Å²) in [4.78, 5) is 17.1. The van der Waals surface area contributed by atoms with E-state index in [1.165, 1.54) is 12.4 Å². The standard InChI is InChI=1S/C4H3BrN2O/c5-3-4(8)7-2-1-6-3/h1-3H. The fourth-order valence-corrected chi connectivity index (χ4v) is 0.601. The molecule has 4 heteroatoms. The van der Waals surface area contributed by atoms with E-state index in [1.807, 2.05) is 0 Å². The van der Waals surface area contributed by atoms with Crippen LogP contribution in [0, 0.1) is 0 Å². The largest absolute Gasteiger partial charge is 0.281 e. The topological polar surface area (TPSA) is 41.8 Å². The van der Waals surface area contributed by atoms with Gasteiger partial charge >= 0.3 is 0 Å². The first kappa shape index (κ1) is 5.62. The van der Waals surface area contributed by atoms with Gasteiger partial charge in [0.1, 0.15) is 0 Å². The summed E-state index contributed by atoms with van der Waals surface area (Å²) in [5.74, 6) is -0.243. The fraction of sp³-hybridized carbons (Fsp3) is 0.250. The molecule has 1 aliphatic heterocycles. The Hall–Kier alpha value is -0.510. The van der Waals surface area contributed by atoms with Crippen molar-refractivity contribution in [3.63, 3.8) is 0 Å². The van der Waals surface area contributed by atoms with Crippen LogP contribution in [-0.4, -0.2) is 23.3 Å². The Bertz CT molecular complexity index is 163. The number of halogens is 1. The van der Waals surface area contributed by atoms with Gasteiger partial charge in [0.05, 0.1) is 0 Å². The summed E-state index contributed by atoms with van der Waals surface area (Å²) in [6.07, 6.45) is 2.86. The summed E-state index contributed by atoms with van der Waals surface area (Å²) >= 11 is 2.99. The predicted molar refractivity (Wildman–Crippen MR) is 34.7 cm³/mol. The van der Waals surface area contributed by atoms with Gasteiger partial charge in [-0.15, -0.1) is 0 Å². The maximum Gasteiger partial charge on any atom is 0.281 e. The summed E-state index contributed by atoms with van der Waals surface area (Å²) in [5.41, 5.74) is 0. The molecule has 1 unspecified atom stereocenters. The molecule has 0 aliphatic carbocycles. The molecule has 1 rings (SSSR count). The van der Waals surface area contributed by atoms with Gasteiger partial charge in [-0.1, -0.05) is 15.9 Å². The fourth-order valence-electron chi connectivity index (χ4n) is 0.346. The number of alkyl halides is 1. The molecule has 1 aliphatic rings. The van der Waals surface area contributed by atoms with Crippen molar-refractivity contribution in [2.45, 2.75) is 4.95 Å². The van der Waals surface area contributed by atoms with E-state index in [2.05, 4.69) is 25.9 Å². The van der Waals surface area contributed by atoms with E-state index in [1.54, 1.807) is 0 Å². The Kier molecular flexibility index (Phi) is 1.53. The molecule has 0 radical (unpaired) electrons. The van der Waals surface area contributed by atoms with Gasteiger partial charge < -0.3 is 0 Å². The van der Waals surface area contributed by atoms with Crippen LogP contribution in [-0.2, 0) is 4.79 Å². The summed E-state index contributed by atoms with van der Waals surface area (Å²) in [5, 5.41) is 0. The lowest BCUT2D eigenvalue weighted by molar-refractivity contribution is -0.117. The molecule has 1 atom stereocenters. The SMILES string of the molecule is O=C1N=CC=NC1Br. The molecule has 1 heterocycles. The van der Waals surface area contributed by atoms with Gasteiger partial charge in [0.25, 0.3) is 5.91 Å². The Balaban J connectivity index is 2.74. The number of amides is 1. The molecule has 0 aromatic carbocycles. The lowest BCUT2D eigenvalue weighted by Gasteiger charge is -1.98. The van der Waals surface area contributed by atoms with E-state index in [9.17, 15) is 4.79 Å². The van der Waals surface area contributed by atoms with E-state index in [4.69, 9.17) is 0 Å². The van der Waals surface area contributed by atoms with Crippen LogP contribution in [0.2, 0.25) is 0 Å². The molecular weight excluding hydrogens is 172 g/mol. The highest BCUT2D eigenvalue weighted by Crippen LogP contribution is 2.04. The second-order valence-electron chi connectivity index (χ2n) is 1.25. The maximum atomic E-state index is 10.4. The zero-order valence-electron chi connectivity index (χ0n) is 3.91. The molecule has 0 aromatic heterocycles. The van der Waals surface area contributed by atoms with Gasteiger partial charge in [-0.2, -0.15) is 0 Å². The minimum Gasteiger partial charge on any atom is -0.269 e. The highest BCUT2D eigenvalue weighted by molar-refractivity contribution is 9.10. The molecule has 0 saturated heterocycles. The molecule has 3 nitrogen and oxygen atoms in total. The summed E-state index contributed by atoms with van der Waals surface area (Å²) in [6, 6.07) is 0. The number of carbonyl (C=O) groups excluding carboxylic acids is 1. The van der Waals surface area contributed by atoms with Gasteiger partial charge in [-0.05, 0) is 0 Å². The van der Waals surface area contributed by atoms with Crippen molar-refractivity contribution < 1.29 is 4.79 Å². The van der Waals surface area contributed by atoms with Crippen molar-refractivity contribution in [3.8, 4) is 0 Å². The third-order valence-electron chi connectivity index (χ3n) is 0.689. The number of hydrogen-bond donors (Lipinski definition) is 0. The first-order valence-corrected chi connectivity index (χ1v) is 2.96. The number of rotatable bonds is 0. The number of nitrogens with zero attached hydrogens (tertiary/aromatic N) is 2. The minimum atomic E-state index is -0.451. The van der Waals surface area contributed by atoms with Crippen molar-refractivity contribution in [2.75, 3.05) is 0 Å². The van der Waals surface area contributed by atoms with Crippen LogP contribution >= 0.6 is 15.9 Å². The molecule has 0 bridgehead atoms. The predicted octanol–water partition coefficient (Wildman–Crippen LogP) is 0.389. The molecule has 0 spiro atoms. The highest BCUT2D eigenvalue weighted by atomic mass is 79.9. The first-order chi connectivity index (χ1) is 3.80. The lowest BCUT2D eigenvalue weighted by Crippen LogP contribution is -2.12. The van der Waals surface area contributed by atoms with Gasteiger partial charge in [-0.3, -0.25) is 9.79 Å². The molecular formula is C4H3BrN2O. The van der Waals surface area contributed by atoms with E-state index < -0.39 is 4.95 Å². The van der Waals surface area contributed by atoms with E-state index >= 15 is 0 Å². The Morgan fingerprint density at radius 3 is 2.75 bits per heavy atom. The van der Waals surface area contributed by atoms with Crippen LogP contribution in [0.4, 0.5) is 0 Å². The number of carbonyl (C=O) groups is 1. The molecule has 0 N–H and O–H groups in total. The van der Waals surface area contributed by atoms with Gasteiger partial charge in [-0.25, -0.2) is 4.99 Å². The summed E-state index contributed by atoms with van der Waals surface area (Å²) in [6.45, 7) is 0. The first-order valence-electron chi connectivity index (χ1n) is 2.04.